The summed E-state index contributed by atoms with van der Waals surface area (Å²) in [6.07, 6.45) is 0. The van der Waals surface area contributed by atoms with E-state index in [0.29, 0.717) is 22.5 Å². The Bertz CT molecular complexity index is 1030. The Morgan fingerprint density at radius 3 is 2.38 bits per heavy atom. The van der Waals surface area contributed by atoms with Gasteiger partial charge in [-0.05, 0) is 30.7 Å². The lowest BCUT2D eigenvalue weighted by atomic mass is 9.98. The average Bonchev–Trinajstić information content (AvgIpc) is 2.68. The van der Waals surface area contributed by atoms with Gasteiger partial charge in [0.05, 0.1) is 18.2 Å². The van der Waals surface area contributed by atoms with Crippen molar-refractivity contribution in [2.75, 3.05) is 6.61 Å². The number of carbonyl (C=O) groups excluding carboxylic acids is 1. The number of nitriles is 1. The van der Waals surface area contributed by atoms with Crippen molar-refractivity contribution in [2.45, 2.75) is 6.92 Å². The molecule has 0 aliphatic carbocycles. The summed E-state index contributed by atoms with van der Waals surface area (Å²) in [5.74, 6) is -0.386. The second kappa shape index (κ2) is 7.49. The number of esters is 1. The molecule has 1 aromatic heterocycles. The Kier molecular flexibility index (Phi) is 4.95. The van der Waals surface area contributed by atoms with Crippen molar-refractivity contribution in [3.63, 3.8) is 0 Å². The van der Waals surface area contributed by atoms with Crippen LogP contribution >= 0.6 is 0 Å². The highest BCUT2D eigenvalue weighted by Gasteiger charge is 2.22. The van der Waals surface area contributed by atoms with Gasteiger partial charge in [0.25, 0.3) is 0 Å². The maximum Gasteiger partial charge on any atom is 0.351 e. The van der Waals surface area contributed by atoms with E-state index in [-0.39, 0.29) is 12.2 Å². The Hall–Kier alpha value is -3.65. The maximum absolute atomic E-state index is 12.5. The lowest BCUT2D eigenvalue weighted by molar-refractivity contribution is 0.0522. The predicted molar refractivity (Wildman–Crippen MR) is 96.5 cm³/mol. The molecule has 0 fully saturated rings. The molecule has 26 heavy (non-hydrogen) atoms. The molecule has 5 nitrogen and oxygen atoms in total. The van der Waals surface area contributed by atoms with Crippen molar-refractivity contribution in [3.05, 3.63) is 82.2 Å². The van der Waals surface area contributed by atoms with Crippen molar-refractivity contribution in [1.82, 2.24) is 0 Å². The fourth-order valence-electron chi connectivity index (χ4n) is 2.59. The van der Waals surface area contributed by atoms with Gasteiger partial charge in [-0.15, -0.1) is 0 Å². The minimum Gasteiger partial charge on any atom is -0.462 e. The van der Waals surface area contributed by atoms with Crippen LogP contribution in [0.25, 0.3) is 22.5 Å². The Morgan fingerprint density at radius 2 is 1.77 bits per heavy atom. The summed E-state index contributed by atoms with van der Waals surface area (Å²) in [7, 11) is 0. The number of hydrogen-bond donors (Lipinski definition) is 0. The molecular formula is C21H15NO4. The van der Waals surface area contributed by atoms with Crippen molar-refractivity contribution in [1.29, 1.82) is 5.26 Å². The van der Waals surface area contributed by atoms with Crippen molar-refractivity contribution in [3.8, 4) is 28.5 Å². The molecule has 3 aromatic rings. The molecule has 0 saturated carbocycles. The van der Waals surface area contributed by atoms with Gasteiger partial charge in [-0.2, -0.15) is 5.26 Å². The summed E-state index contributed by atoms with van der Waals surface area (Å²) in [4.78, 5) is 24.8. The molecule has 1 heterocycles. The second-order valence-electron chi connectivity index (χ2n) is 5.46. The first-order chi connectivity index (χ1) is 12.6. The van der Waals surface area contributed by atoms with E-state index in [1.165, 1.54) is 0 Å². The zero-order valence-electron chi connectivity index (χ0n) is 14.1. The van der Waals surface area contributed by atoms with Crippen molar-refractivity contribution >= 4 is 5.97 Å². The van der Waals surface area contributed by atoms with Crippen molar-refractivity contribution in [2.24, 2.45) is 0 Å². The minimum absolute atomic E-state index is 0.144. The lowest BCUT2D eigenvalue weighted by Crippen LogP contribution is -2.18. The van der Waals surface area contributed by atoms with Crippen LogP contribution in [0.5, 0.6) is 0 Å². The molecule has 0 aliphatic rings. The molecule has 0 aliphatic heterocycles. The van der Waals surface area contributed by atoms with E-state index in [1.54, 1.807) is 37.3 Å². The number of rotatable bonds is 4. The summed E-state index contributed by atoms with van der Waals surface area (Å²) < 4.78 is 10.4. The Labute approximate surface area is 150 Å². The van der Waals surface area contributed by atoms with E-state index >= 15 is 0 Å². The van der Waals surface area contributed by atoms with Crippen molar-refractivity contribution < 1.29 is 13.9 Å². The summed E-state index contributed by atoms with van der Waals surface area (Å²) in [6.45, 7) is 1.81. The topological polar surface area (TPSA) is 80.3 Å². The Morgan fingerprint density at radius 1 is 1.08 bits per heavy atom. The van der Waals surface area contributed by atoms with Crippen LogP contribution in [0.1, 0.15) is 22.8 Å². The van der Waals surface area contributed by atoms with Crippen LogP contribution in [0, 0.1) is 11.3 Å². The van der Waals surface area contributed by atoms with E-state index in [9.17, 15) is 9.59 Å². The summed E-state index contributed by atoms with van der Waals surface area (Å²) in [5.41, 5.74) is 1.31. The maximum atomic E-state index is 12.5. The lowest BCUT2D eigenvalue weighted by Gasteiger charge is -2.10. The van der Waals surface area contributed by atoms with Gasteiger partial charge in [-0.25, -0.2) is 9.59 Å². The van der Waals surface area contributed by atoms with Gasteiger partial charge in [-0.1, -0.05) is 42.5 Å². The first kappa shape index (κ1) is 17.2. The largest absolute Gasteiger partial charge is 0.462 e. The number of carbonyl (C=O) groups is 1. The van der Waals surface area contributed by atoms with Gasteiger partial charge in [0.1, 0.15) is 5.76 Å². The second-order valence-corrected chi connectivity index (χ2v) is 5.46. The first-order valence-corrected chi connectivity index (χ1v) is 8.05. The highest BCUT2D eigenvalue weighted by molar-refractivity contribution is 5.97. The summed E-state index contributed by atoms with van der Waals surface area (Å²) >= 11 is 0. The zero-order chi connectivity index (χ0) is 18.5. The molecule has 0 bridgehead atoms. The molecule has 0 radical (unpaired) electrons. The molecule has 0 spiro atoms. The number of ether oxygens (including phenoxy) is 1. The SMILES string of the molecule is CCOC(=O)c1c(-c2ccc(C#N)cc2)cc(-c2ccccc2)oc1=O. The quantitative estimate of drug-likeness (QED) is 0.667. The van der Waals surface area contributed by atoms with Crippen LogP contribution in [-0.4, -0.2) is 12.6 Å². The highest BCUT2D eigenvalue weighted by Crippen LogP contribution is 2.28. The van der Waals surface area contributed by atoms with Gasteiger partial charge in [-0.3, -0.25) is 0 Å². The minimum atomic E-state index is -0.760. The predicted octanol–water partition coefficient (Wildman–Crippen LogP) is 4.02. The molecule has 5 heteroatoms. The Balaban J connectivity index is 2.23. The molecule has 0 unspecified atom stereocenters. The normalized spacial score (nSPS) is 10.2. The first-order valence-electron chi connectivity index (χ1n) is 8.05. The molecule has 0 N–H and O–H groups in total. The highest BCUT2D eigenvalue weighted by atomic mass is 16.5. The fourth-order valence-corrected chi connectivity index (χ4v) is 2.59. The number of hydrogen-bond acceptors (Lipinski definition) is 5. The summed E-state index contributed by atoms with van der Waals surface area (Å²) in [6, 6.07) is 19.4. The standard InChI is InChI=1S/C21H15NO4/c1-2-25-20(23)19-17(15-10-8-14(13-22)9-11-15)12-18(26-21(19)24)16-6-4-3-5-7-16/h3-12H,2H2,1H3. The van der Waals surface area contributed by atoms with Crippen LogP contribution in [-0.2, 0) is 4.74 Å². The number of nitrogens with zero attached hydrogens (tertiary/aromatic N) is 1. The van der Waals surface area contributed by atoms with Crippen LogP contribution in [0.4, 0.5) is 0 Å². The van der Waals surface area contributed by atoms with Crippen LogP contribution in [0.2, 0.25) is 0 Å². The molecule has 0 amide bonds. The third-order valence-electron chi connectivity index (χ3n) is 3.81. The van der Waals surface area contributed by atoms with E-state index < -0.39 is 11.6 Å². The van der Waals surface area contributed by atoms with Gasteiger partial charge in [0.2, 0.25) is 0 Å². The van der Waals surface area contributed by atoms with E-state index in [1.807, 2.05) is 36.4 Å². The van der Waals surface area contributed by atoms with E-state index in [2.05, 4.69) is 0 Å². The fraction of sp³-hybridized carbons (Fsp3) is 0.0952. The third kappa shape index (κ3) is 3.40. The van der Waals surface area contributed by atoms with Crippen LogP contribution < -0.4 is 5.63 Å². The zero-order valence-corrected chi connectivity index (χ0v) is 14.1. The van der Waals surface area contributed by atoms with Gasteiger partial charge in [0, 0.05) is 11.1 Å². The molecule has 128 valence electrons. The van der Waals surface area contributed by atoms with E-state index in [0.717, 1.165) is 5.56 Å². The molecular weight excluding hydrogens is 330 g/mol. The average molecular weight is 345 g/mol. The van der Waals surface area contributed by atoms with E-state index in [4.69, 9.17) is 14.4 Å². The van der Waals surface area contributed by atoms with Crippen LogP contribution in [0.15, 0.2) is 69.9 Å². The third-order valence-corrected chi connectivity index (χ3v) is 3.81. The van der Waals surface area contributed by atoms with Gasteiger partial charge in [0.15, 0.2) is 5.56 Å². The molecule has 3 rings (SSSR count). The van der Waals surface area contributed by atoms with Gasteiger partial charge < -0.3 is 9.15 Å². The molecule has 2 aromatic carbocycles. The molecule has 0 saturated heterocycles. The monoisotopic (exact) mass is 345 g/mol. The van der Waals surface area contributed by atoms with Crippen LogP contribution in [0.3, 0.4) is 0 Å². The molecule has 0 atom stereocenters. The summed E-state index contributed by atoms with van der Waals surface area (Å²) in [5, 5.41) is 8.96. The number of benzene rings is 2. The smallest absolute Gasteiger partial charge is 0.351 e. The van der Waals surface area contributed by atoms with Gasteiger partial charge >= 0.3 is 11.6 Å².